The van der Waals surface area contributed by atoms with Crippen LogP contribution < -0.4 is 15.8 Å². The van der Waals surface area contributed by atoms with Crippen molar-refractivity contribution in [3.63, 3.8) is 0 Å². The highest BCUT2D eigenvalue weighted by Gasteiger charge is 2.27. The number of aliphatic carboxylic acids is 1. The number of primary sulfonamides is 1. The summed E-state index contributed by atoms with van der Waals surface area (Å²) in [5.41, 5.74) is 4.17. The van der Waals surface area contributed by atoms with Gasteiger partial charge in [0.25, 0.3) is 11.8 Å². The van der Waals surface area contributed by atoms with Crippen molar-refractivity contribution >= 4 is 39.5 Å². The fourth-order valence-electron chi connectivity index (χ4n) is 3.67. The number of nitrogens with one attached hydrogen (secondary N) is 2. The normalized spacial score (nSPS) is 14.5. The second kappa shape index (κ2) is 9.98. The number of sulfonamides is 1. The van der Waals surface area contributed by atoms with Gasteiger partial charge in [0, 0.05) is 29.9 Å². The highest BCUT2D eigenvalue weighted by atomic mass is 32.2. The number of fused-ring (bicyclic) bond motifs is 1. The molecule has 0 aliphatic carbocycles. The number of nitrogens with two attached hydrogens (primary N) is 1. The van der Waals surface area contributed by atoms with Crippen molar-refractivity contribution in [1.82, 2.24) is 10.6 Å². The molecular formula is C26H21N3O6S. The Morgan fingerprint density at radius 2 is 1.58 bits per heavy atom. The molecule has 3 aromatic rings. The number of carboxylic acid groups (broad SMARTS) is 1. The fraction of sp³-hybridized carbons (Fsp3) is 0.0385. The van der Waals surface area contributed by atoms with Crippen LogP contribution in [-0.4, -0.2) is 31.3 Å². The zero-order chi connectivity index (χ0) is 25.9. The van der Waals surface area contributed by atoms with Gasteiger partial charge in [0.15, 0.2) is 0 Å². The number of benzene rings is 3. The first-order chi connectivity index (χ1) is 17.1. The quantitative estimate of drug-likeness (QED) is 0.285. The summed E-state index contributed by atoms with van der Waals surface area (Å²) < 4.78 is 22.8. The number of amides is 2. The smallest absolute Gasteiger partial charge is 0.328 e. The lowest BCUT2D eigenvalue weighted by Gasteiger charge is -2.19. The van der Waals surface area contributed by atoms with Crippen LogP contribution in [0.4, 0.5) is 0 Å². The average Bonchev–Trinajstić information content (AvgIpc) is 2.84. The van der Waals surface area contributed by atoms with E-state index in [9.17, 15) is 22.8 Å². The van der Waals surface area contributed by atoms with Gasteiger partial charge in [0.1, 0.15) is 0 Å². The van der Waals surface area contributed by atoms with Crippen LogP contribution in [0.3, 0.4) is 0 Å². The third-order valence-corrected chi connectivity index (χ3v) is 6.42. The van der Waals surface area contributed by atoms with Crippen molar-refractivity contribution in [2.45, 2.75) is 11.4 Å². The first kappa shape index (κ1) is 24.6. The van der Waals surface area contributed by atoms with E-state index >= 15 is 0 Å². The van der Waals surface area contributed by atoms with Crippen molar-refractivity contribution in [3.05, 3.63) is 101 Å². The minimum Gasteiger partial charge on any atom is -0.478 e. The first-order valence-electron chi connectivity index (χ1n) is 10.7. The Kier molecular flexibility index (Phi) is 6.82. The predicted molar refractivity (Wildman–Crippen MR) is 134 cm³/mol. The summed E-state index contributed by atoms with van der Waals surface area (Å²) in [6.45, 7) is 0.302. The zero-order valence-corrected chi connectivity index (χ0v) is 19.6. The lowest BCUT2D eigenvalue weighted by atomic mass is 9.91. The molecule has 5 N–H and O–H groups in total. The summed E-state index contributed by atoms with van der Waals surface area (Å²) in [5.74, 6) is -2.08. The zero-order valence-electron chi connectivity index (χ0n) is 18.8. The Balaban J connectivity index is 1.59. The van der Waals surface area contributed by atoms with Gasteiger partial charge in [-0.3, -0.25) is 14.9 Å². The third kappa shape index (κ3) is 5.57. The standard InChI is InChI=1S/C26H21N3O6S/c27-36(34,35)20-9-3-17(4-10-20)14-28-15-23-22-13-19(8-11-21(22)25(32)29-26(23)33)18-6-1-16(2-7-18)5-12-24(30)31/h1-13,15,28H,14H2,(H,30,31)(H2,27,34,35)(H,29,32,33)/b12-5+,23-15-. The molecule has 0 bridgehead atoms. The molecule has 0 saturated heterocycles. The maximum atomic E-state index is 12.6. The van der Waals surface area contributed by atoms with E-state index in [4.69, 9.17) is 10.2 Å². The van der Waals surface area contributed by atoms with E-state index in [0.717, 1.165) is 28.3 Å². The second-order valence-corrected chi connectivity index (χ2v) is 9.53. The third-order valence-electron chi connectivity index (χ3n) is 5.49. The Morgan fingerprint density at radius 1 is 0.917 bits per heavy atom. The van der Waals surface area contributed by atoms with Gasteiger partial charge in [-0.1, -0.05) is 42.5 Å². The Morgan fingerprint density at radius 3 is 2.22 bits per heavy atom. The molecule has 0 fully saturated rings. The lowest BCUT2D eigenvalue weighted by molar-refractivity contribution is -0.131. The van der Waals surface area contributed by atoms with E-state index in [1.807, 2.05) is 12.1 Å². The van der Waals surface area contributed by atoms with Crippen LogP contribution in [0.25, 0.3) is 22.8 Å². The fourth-order valence-corrected chi connectivity index (χ4v) is 4.19. The SMILES string of the molecule is NS(=O)(=O)c1ccc(CN/C=C2\C(=O)NC(=O)c3ccc(-c4ccc(/C=C/C(=O)O)cc4)cc32)cc1. The van der Waals surface area contributed by atoms with Crippen LogP contribution in [0.5, 0.6) is 0 Å². The first-order valence-corrected chi connectivity index (χ1v) is 12.2. The number of hydrogen-bond acceptors (Lipinski definition) is 6. The van der Waals surface area contributed by atoms with E-state index < -0.39 is 27.8 Å². The molecular weight excluding hydrogens is 482 g/mol. The van der Waals surface area contributed by atoms with Crippen LogP contribution in [0, 0.1) is 0 Å². The van der Waals surface area contributed by atoms with Crippen LogP contribution in [0.15, 0.2) is 83.9 Å². The van der Waals surface area contributed by atoms with Gasteiger partial charge in [0.05, 0.1) is 10.5 Å². The van der Waals surface area contributed by atoms with Gasteiger partial charge in [-0.2, -0.15) is 0 Å². The van der Waals surface area contributed by atoms with Crippen LogP contribution in [0.1, 0.15) is 27.0 Å². The molecule has 9 nitrogen and oxygen atoms in total. The van der Waals surface area contributed by atoms with Crippen molar-refractivity contribution in [3.8, 4) is 11.1 Å². The Labute approximate surface area is 207 Å². The van der Waals surface area contributed by atoms with E-state index in [2.05, 4.69) is 10.6 Å². The summed E-state index contributed by atoms with van der Waals surface area (Å²) in [7, 11) is -3.78. The highest BCUT2D eigenvalue weighted by molar-refractivity contribution is 7.89. The van der Waals surface area contributed by atoms with Crippen molar-refractivity contribution in [1.29, 1.82) is 0 Å². The van der Waals surface area contributed by atoms with E-state index in [0.29, 0.717) is 17.7 Å². The molecule has 4 rings (SSSR count). The van der Waals surface area contributed by atoms with Gasteiger partial charge in [-0.15, -0.1) is 0 Å². The van der Waals surface area contributed by atoms with Crippen molar-refractivity contribution in [2.75, 3.05) is 0 Å². The van der Waals surface area contributed by atoms with Crippen molar-refractivity contribution < 1.29 is 27.9 Å². The number of carbonyl (C=O) groups excluding carboxylic acids is 2. The molecule has 0 unspecified atom stereocenters. The molecule has 0 radical (unpaired) electrons. The van der Waals surface area contributed by atoms with Crippen LogP contribution in [-0.2, 0) is 26.2 Å². The number of carbonyl (C=O) groups is 3. The Bertz CT molecular complexity index is 1520. The molecule has 3 aromatic carbocycles. The van der Waals surface area contributed by atoms with Gasteiger partial charge < -0.3 is 10.4 Å². The molecule has 0 atom stereocenters. The number of imide groups is 1. The highest BCUT2D eigenvalue weighted by Crippen LogP contribution is 2.30. The van der Waals surface area contributed by atoms with Gasteiger partial charge in [-0.25, -0.2) is 18.4 Å². The van der Waals surface area contributed by atoms with Gasteiger partial charge >= 0.3 is 5.97 Å². The molecule has 10 heteroatoms. The van der Waals surface area contributed by atoms with E-state index in [1.165, 1.54) is 24.4 Å². The molecule has 36 heavy (non-hydrogen) atoms. The van der Waals surface area contributed by atoms with Crippen LogP contribution in [0.2, 0.25) is 0 Å². The van der Waals surface area contributed by atoms with Crippen molar-refractivity contribution in [2.24, 2.45) is 5.14 Å². The average molecular weight is 504 g/mol. The number of hydrogen-bond donors (Lipinski definition) is 4. The molecule has 0 saturated carbocycles. The number of rotatable bonds is 7. The minimum absolute atomic E-state index is 0.00201. The molecule has 1 aliphatic heterocycles. The van der Waals surface area contributed by atoms with E-state index in [1.54, 1.807) is 42.5 Å². The molecule has 1 heterocycles. The van der Waals surface area contributed by atoms with E-state index in [-0.39, 0.29) is 10.5 Å². The Hall–Kier alpha value is -4.54. The molecule has 0 spiro atoms. The second-order valence-electron chi connectivity index (χ2n) is 7.97. The summed E-state index contributed by atoms with van der Waals surface area (Å²) in [6, 6.07) is 18.4. The topological polar surface area (TPSA) is 156 Å². The molecule has 182 valence electrons. The van der Waals surface area contributed by atoms with Gasteiger partial charge in [-0.05, 0) is 52.6 Å². The number of carboxylic acids is 1. The summed E-state index contributed by atoms with van der Waals surface area (Å²) in [6.07, 6.45) is 4.05. The van der Waals surface area contributed by atoms with Crippen LogP contribution >= 0.6 is 0 Å². The molecule has 2 amide bonds. The largest absolute Gasteiger partial charge is 0.478 e. The summed E-state index contributed by atoms with van der Waals surface area (Å²) >= 11 is 0. The minimum atomic E-state index is -3.78. The summed E-state index contributed by atoms with van der Waals surface area (Å²) in [5, 5.41) is 19.2. The molecule has 0 aromatic heterocycles. The maximum Gasteiger partial charge on any atom is 0.328 e. The van der Waals surface area contributed by atoms with Gasteiger partial charge in [0.2, 0.25) is 10.0 Å². The monoisotopic (exact) mass is 503 g/mol. The maximum absolute atomic E-state index is 12.6. The lowest BCUT2D eigenvalue weighted by Crippen LogP contribution is -2.37. The molecule has 1 aliphatic rings. The summed E-state index contributed by atoms with van der Waals surface area (Å²) in [4.78, 5) is 35.7. The predicted octanol–water partition coefficient (Wildman–Crippen LogP) is 2.50.